The summed E-state index contributed by atoms with van der Waals surface area (Å²) in [6.45, 7) is 1.11. The lowest BCUT2D eigenvalue weighted by atomic mass is 10.6. The molecule has 0 fully saturated rings. The van der Waals surface area contributed by atoms with Gasteiger partial charge in [-0.2, -0.15) is 0 Å². The van der Waals surface area contributed by atoms with Crippen LogP contribution in [0.2, 0.25) is 0 Å². The first-order valence-electron chi connectivity index (χ1n) is 3.37. The molecule has 0 spiro atoms. The molecular weight excluding hydrogens is 178 g/mol. The van der Waals surface area contributed by atoms with E-state index in [4.69, 9.17) is 10.8 Å². The molecule has 0 saturated carbocycles. The Labute approximate surface area is 73.2 Å². The lowest BCUT2D eigenvalue weighted by molar-refractivity contribution is 0.0702. The lowest BCUT2D eigenvalue weighted by Gasteiger charge is -1.96. The Morgan fingerprint density at radius 1 is 1.83 bits per heavy atom. The van der Waals surface area contributed by atoms with Gasteiger partial charge in [-0.1, -0.05) is 11.3 Å². The van der Waals surface area contributed by atoms with E-state index in [-0.39, 0.29) is 4.88 Å². The van der Waals surface area contributed by atoms with E-state index in [0.717, 1.165) is 11.3 Å². The Morgan fingerprint density at radius 3 is 3.08 bits per heavy atom. The Kier molecular flexibility index (Phi) is 3.01. The summed E-state index contributed by atoms with van der Waals surface area (Å²) in [5.74, 6) is -0.951. The van der Waals surface area contributed by atoms with Gasteiger partial charge in [-0.05, 0) is 0 Å². The first-order chi connectivity index (χ1) is 5.74. The van der Waals surface area contributed by atoms with Gasteiger partial charge in [0.05, 0.1) is 6.20 Å². The fourth-order valence-electron chi connectivity index (χ4n) is 0.634. The van der Waals surface area contributed by atoms with Crippen LogP contribution in [0.5, 0.6) is 0 Å². The number of carboxylic acids is 1. The molecule has 1 heterocycles. The molecule has 1 aromatic heterocycles. The maximum atomic E-state index is 10.4. The molecule has 5 nitrogen and oxygen atoms in total. The zero-order valence-electron chi connectivity index (χ0n) is 6.28. The van der Waals surface area contributed by atoms with Crippen molar-refractivity contribution in [1.29, 1.82) is 0 Å². The highest BCUT2D eigenvalue weighted by atomic mass is 32.1. The largest absolute Gasteiger partial charge is 0.477 e. The van der Waals surface area contributed by atoms with Crippen molar-refractivity contribution < 1.29 is 9.90 Å². The maximum Gasteiger partial charge on any atom is 0.347 e. The topological polar surface area (TPSA) is 88.2 Å². The molecule has 0 aliphatic rings. The van der Waals surface area contributed by atoms with E-state index in [1.54, 1.807) is 0 Å². The number of anilines is 1. The number of hydrogen-bond donors (Lipinski definition) is 3. The third kappa shape index (κ3) is 2.18. The monoisotopic (exact) mass is 187 g/mol. The molecule has 6 heteroatoms. The van der Waals surface area contributed by atoms with Crippen molar-refractivity contribution >= 4 is 22.4 Å². The van der Waals surface area contributed by atoms with E-state index >= 15 is 0 Å². The van der Waals surface area contributed by atoms with E-state index in [1.807, 2.05) is 0 Å². The molecule has 0 atom stereocenters. The molecule has 0 unspecified atom stereocenters. The zero-order chi connectivity index (χ0) is 8.97. The number of carbonyl (C=O) groups is 1. The Hall–Kier alpha value is -1.14. The van der Waals surface area contributed by atoms with Crippen molar-refractivity contribution in [3.05, 3.63) is 11.1 Å². The standard InChI is InChI=1S/C6H9N3O2S/c7-1-2-8-6-9-3-4(12-6)5(10)11/h3H,1-2,7H2,(H,8,9)(H,10,11). The highest BCUT2D eigenvalue weighted by Gasteiger charge is 2.06. The summed E-state index contributed by atoms with van der Waals surface area (Å²) < 4.78 is 0. The molecule has 66 valence electrons. The second-order valence-corrected chi connectivity index (χ2v) is 3.08. The summed E-state index contributed by atoms with van der Waals surface area (Å²) in [7, 11) is 0. The highest BCUT2D eigenvalue weighted by Crippen LogP contribution is 2.16. The Morgan fingerprint density at radius 2 is 2.58 bits per heavy atom. The average Bonchev–Trinajstić information content (AvgIpc) is 2.48. The van der Waals surface area contributed by atoms with Crippen LogP contribution in [0.25, 0.3) is 0 Å². The number of nitrogens with one attached hydrogen (secondary N) is 1. The van der Waals surface area contributed by atoms with Crippen LogP contribution in [-0.2, 0) is 0 Å². The Balaban J connectivity index is 2.58. The number of rotatable bonds is 4. The van der Waals surface area contributed by atoms with Crippen LogP contribution in [0.3, 0.4) is 0 Å². The van der Waals surface area contributed by atoms with Crippen molar-refractivity contribution in [1.82, 2.24) is 4.98 Å². The zero-order valence-corrected chi connectivity index (χ0v) is 7.10. The first-order valence-corrected chi connectivity index (χ1v) is 4.18. The first kappa shape index (κ1) is 8.95. The minimum absolute atomic E-state index is 0.231. The summed E-state index contributed by atoms with van der Waals surface area (Å²) >= 11 is 1.10. The fourth-order valence-corrected chi connectivity index (χ4v) is 1.31. The molecular formula is C6H9N3O2S. The van der Waals surface area contributed by atoms with E-state index in [1.165, 1.54) is 6.20 Å². The van der Waals surface area contributed by atoms with Gasteiger partial charge in [0.15, 0.2) is 5.13 Å². The van der Waals surface area contributed by atoms with Gasteiger partial charge in [-0.3, -0.25) is 0 Å². The van der Waals surface area contributed by atoms with Crippen LogP contribution >= 0.6 is 11.3 Å². The van der Waals surface area contributed by atoms with Crippen LogP contribution in [0.15, 0.2) is 6.20 Å². The van der Waals surface area contributed by atoms with E-state index < -0.39 is 5.97 Å². The normalized spacial score (nSPS) is 9.75. The van der Waals surface area contributed by atoms with Gasteiger partial charge in [-0.15, -0.1) is 0 Å². The van der Waals surface area contributed by atoms with E-state index in [0.29, 0.717) is 18.2 Å². The molecule has 4 N–H and O–H groups in total. The maximum absolute atomic E-state index is 10.4. The van der Waals surface area contributed by atoms with Crippen molar-refractivity contribution in [2.45, 2.75) is 0 Å². The summed E-state index contributed by atoms with van der Waals surface area (Å²) in [4.78, 5) is 14.5. The molecule has 0 aliphatic carbocycles. The SMILES string of the molecule is NCCNc1ncc(C(=O)O)s1. The second-order valence-electron chi connectivity index (χ2n) is 2.05. The molecule has 1 aromatic rings. The highest BCUT2D eigenvalue weighted by molar-refractivity contribution is 7.17. The predicted octanol–water partition coefficient (Wildman–Crippen LogP) is 0.212. The van der Waals surface area contributed by atoms with Crippen LogP contribution in [0.4, 0.5) is 5.13 Å². The third-order valence-corrected chi connectivity index (χ3v) is 2.08. The number of carboxylic acid groups (broad SMARTS) is 1. The number of hydrogen-bond acceptors (Lipinski definition) is 5. The van der Waals surface area contributed by atoms with Crippen LogP contribution in [0.1, 0.15) is 9.67 Å². The third-order valence-electron chi connectivity index (χ3n) is 1.14. The lowest BCUT2D eigenvalue weighted by Crippen LogP contribution is -2.12. The van der Waals surface area contributed by atoms with Crippen molar-refractivity contribution in [3.8, 4) is 0 Å². The molecule has 0 aliphatic heterocycles. The van der Waals surface area contributed by atoms with Crippen molar-refractivity contribution in [2.75, 3.05) is 18.4 Å². The van der Waals surface area contributed by atoms with Crippen LogP contribution in [0, 0.1) is 0 Å². The summed E-state index contributed by atoms with van der Waals surface area (Å²) in [6, 6.07) is 0. The van der Waals surface area contributed by atoms with E-state index in [9.17, 15) is 4.79 Å². The predicted molar refractivity (Wildman–Crippen MR) is 46.6 cm³/mol. The van der Waals surface area contributed by atoms with Gasteiger partial charge in [0.2, 0.25) is 0 Å². The molecule has 0 amide bonds. The van der Waals surface area contributed by atoms with E-state index in [2.05, 4.69) is 10.3 Å². The smallest absolute Gasteiger partial charge is 0.347 e. The number of aromatic nitrogens is 1. The summed E-state index contributed by atoms with van der Waals surface area (Å²) in [6.07, 6.45) is 1.33. The van der Waals surface area contributed by atoms with Crippen molar-refractivity contribution in [2.24, 2.45) is 5.73 Å². The number of nitrogens with zero attached hydrogens (tertiary/aromatic N) is 1. The number of aromatic carboxylic acids is 1. The van der Waals surface area contributed by atoms with Gasteiger partial charge in [0, 0.05) is 13.1 Å². The van der Waals surface area contributed by atoms with Gasteiger partial charge in [0.25, 0.3) is 0 Å². The molecule has 0 aromatic carbocycles. The molecule has 0 radical (unpaired) electrons. The molecule has 1 rings (SSSR count). The summed E-state index contributed by atoms with van der Waals surface area (Å²) in [5, 5.41) is 12.0. The molecule has 12 heavy (non-hydrogen) atoms. The van der Waals surface area contributed by atoms with Crippen LogP contribution < -0.4 is 11.1 Å². The summed E-state index contributed by atoms with van der Waals surface area (Å²) in [5.41, 5.74) is 5.24. The minimum Gasteiger partial charge on any atom is -0.477 e. The molecule has 0 saturated heterocycles. The minimum atomic E-state index is -0.951. The molecule has 0 bridgehead atoms. The van der Waals surface area contributed by atoms with Crippen LogP contribution in [-0.4, -0.2) is 29.1 Å². The Bertz CT molecular complexity index is 274. The van der Waals surface area contributed by atoms with Gasteiger partial charge in [0.1, 0.15) is 4.88 Å². The number of thiazole rings is 1. The quantitative estimate of drug-likeness (QED) is 0.627. The van der Waals surface area contributed by atoms with Gasteiger partial charge in [-0.25, -0.2) is 9.78 Å². The van der Waals surface area contributed by atoms with Gasteiger partial charge >= 0.3 is 5.97 Å². The average molecular weight is 187 g/mol. The fraction of sp³-hybridized carbons (Fsp3) is 0.333. The number of nitrogens with two attached hydrogens (primary N) is 1. The van der Waals surface area contributed by atoms with Gasteiger partial charge < -0.3 is 16.2 Å². The second kappa shape index (κ2) is 4.03. The van der Waals surface area contributed by atoms with Crippen molar-refractivity contribution in [3.63, 3.8) is 0 Å².